The number of nitrogens with two attached hydrogens (primary N) is 1. The quantitative estimate of drug-likeness (QED) is 0.198. The van der Waals surface area contributed by atoms with E-state index in [1.165, 1.54) is 0 Å². The Morgan fingerprint density at radius 3 is 2.27 bits per heavy atom. The van der Waals surface area contributed by atoms with E-state index in [9.17, 15) is 5.11 Å². The molecule has 6 rings (SSSR count). The number of aliphatic hydroxyl groups is 1. The number of nitrogens with one attached hydrogen (secondary N) is 2. The van der Waals surface area contributed by atoms with Crippen molar-refractivity contribution in [2.45, 2.75) is 25.7 Å². The fourth-order valence-electron chi connectivity index (χ4n) is 4.74. The van der Waals surface area contributed by atoms with Crippen LogP contribution in [0.1, 0.15) is 17.1 Å². The normalized spacial score (nSPS) is 12.1. The second-order valence-corrected chi connectivity index (χ2v) is 9.56. The van der Waals surface area contributed by atoms with Gasteiger partial charge >= 0.3 is 0 Å². The summed E-state index contributed by atoms with van der Waals surface area (Å²) in [6.07, 6.45) is 1.20. The number of aliphatic hydroxyl groups excluding tert-OH is 1. The summed E-state index contributed by atoms with van der Waals surface area (Å²) >= 11 is 0. The molecule has 1 atom stereocenters. The first-order valence-corrected chi connectivity index (χ1v) is 13.2. The number of pyridine rings is 2. The first-order valence-electron chi connectivity index (χ1n) is 13.2. The molecule has 0 amide bonds. The third kappa shape index (κ3) is 5.50. The van der Waals surface area contributed by atoms with E-state index >= 15 is 0 Å². The van der Waals surface area contributed by atoms with Crippen LogP contribution in [0, 0.1) is 0 Å². The number of rotatable bonds is 9. The second kappa shape index (κ2) is 11.5. The van der Waals surface area contributed by atoms with Crippen molar-refractivity contribution < 1.29 is 5.11 Å². The number of hydrogen-bond acceptors (Lipinski definition) is 7. The Kier molecular flexibility index (Phi) is 7.37. The zero-order valence-corrected chi connectivity index (χ0v) is 21.8. The molecule has 0 saturated heterocycles. The maximum atomic E-state index is 10.7. The van der Waals surface area contributed by atoms with Crippen LogP contribution in [-0.2, 0) is 19.5 Å². The van der Waals surface area contributed by atoms with Crippen molar-refractivity contribution in [3.63, 3.8) is 0 Å². The Morgan fingerprint density at radius 2 is 1.55 bits per heavy atom. The monoisotopic (exact) mass is 527 g/mol. The molecule has 3 aromatic carbocycles. The summed E-state index contributed by atoms with van der Waals surface area (Å²) in [5.41, 5.74) is 13.5. The van der Waals surface area contributed by atoms with Gasteiger partial charge in [0.1, 0.15) is 12.1 Å². The topological polar surface area (TPSA) is 126 Å². The number of fused-ring (bicyclic) bond motifs is 1. The smallest absolute Gasteiger partial charge is 0.161 e. The van der Waals surface area contributed by atoms with Crippen LogP contribution in [0.5, 0.6) is 0 Å². The Morgan fingerprint density at radius 1 is 0.825 bits per heavy atom. The average Bonchev–Trinajstić information content (AvgIpc) is 3.48. The molecule has 3 aromatic heterocycles. The summed E-state index contributed by atoms with van der Waals surface area (Å²) in [4.78, 5) is 12.9. The minimum absolute atomic E-state index is 0.279. The van der Waals surface area contributed by atoms with Crippen molar-refractivity contribution in [2.75, 3.05) is 0 Å². The highest BCUT2D eigenvalue weighted by Gasteiger charge is 2.16. The molecule has 0 saturated carbocycles. The van der Waals surface area contributed by atoms with Gasteiger partial charge in [-0.15, -0.1) is 10.2 Å². The van der Waals surface area contributed by atoms with Crippen LogP contribution in [0.3, 0.4) is 0 Å². The maximum Gasteiger partial charge on any atom is 0.161 e. The fourth-order valence-corrected chi connectivity index (χ4v) is 4.74. The van der Waals surface area contributed by atoms with E-state index in [1.54, 1.807) is 6.20 Å². The van der Waals surface area contributed by atoms with Crippen LogP contribution in [-0.4, -0.2) is 36.5 Å². The fraction of sp³-hybridized carbons (Fsp3) is 0.125. The summed E-state index contributed by atoms with van der Waals surface area (Å²) in [5, 5.41) is 23.2. The molecule has 5 N–H and O–H groups in total. The lowest BCUT2D eigenvalue weighted by atomic mass is 9.96. The van der Waals surface area contributed by atoms with Crippen LogP contribution >= 0.6 is 0 Å². The molecule has 0 aliphatic rings. The Hall–Kier alpha value is -4.76. The third-order valence-electron chi connectivity index (χ3n) is 6.85. The van der Waals surface area contributed by atoms with Crippen molar-refractivity contribution in [1.82, 2.24) is 30.5 Å². The molecule has 0 fully saturated rings. The Bertz CT molecular complexity index is 1720. The highest BCUT2D eigenvalue weighted by molar-refractivity contribution is 5.92. The molecule has 8 heteroatoms. The van der Waals surface area contributed by atoms with Crippen LogP contribution in [0.4, 0.5) is 0 Å². The van der Waals surface area contributed by atoms with Crippen molar-refractivity contribution >= 4 is 10.9 Å². The molecule has 0 spiro atoms. The third-order valence-corrected chi connectivity index (χ3v) is 6.85. The molecule has 8 nitrogen and oxygen atoms in total. The van der Waals surface area contributed by atoms with Crippen molar-refractivity contribution in [3.05, 3.63) is 120 Å². The van der Waals surface area contributed by atoms with Gasteiger partial charge in [-0.25, -0.2) is 4.98 Å². The van der Waals surface area contributed by atoms with E-state index in [0.717, 1.165) is 50.1 Å². The summed E-state index contributed by atoms with van der Waals surface area (Å²) < 4.78 is 0. The van der Waals surface area contributed by atoms with E-state index < -0.39 is 6.23 Å². The van der Waals surface area contributed by atoms with Gasteiger partial charge in [0.05, 0.1) is 16.9 Å². The van der Waals surface area contributed by atoms with Crippen molar-refractivity contribution in [3.8, 4) is 33.8 Å². The van der Waals surface area contributed by atoms with E-state index in [-0.39, 0.29) is 6.42 Å². The molecular formula is C32H29N7O. The first-order chi connectivity index (χ1) is 19.7. The summed E-state index contributed by atoms with van der Waals surface area (Å²) in [5.74, 6) is 1.27. The number of aromatic nitrogens is 5. The van der Waals surface area contributed by atoms with Gasteiger partial charge in [-0.3, -0.25) is 10.3 Å². The molecule has 3 heterocycles. The lowest BCUT2D eigenvalue weighted by Crippen LogP contribution is -2.31. The molecule has 198 valence electrons. The van der Waals surface area contributed by atoms with Gasteiger partial charge in [0.15, 0.2) is 5.82 Å². The van der Waals surface area contributed by atoms with E-state index in [2.05, 4.69) is 55.8 Å². The van der Waals surface area contributed by atoms with E-state index in [4.69, 9.17) is 10.7 Å². The molecule has 0 radical (unpaired) electrons. The van der Waals surface area contributed by atoms with Gasteiger partial charge in [-0.2, -0.15) is 0 Å². The van der Waals surface area contributed by atoms with Crippen LogP contribution in [0.15, 0.2) is 103 Å². The number of aromatic amines is 1. The highest BCUT2D eigenvalue weighted by Crippen LogP contribution is 2.34. The number of nitrogens with zero attached hydrogens (tertiary/aromatic N) is 4. The number of hydrogen-bond donors (Lipinski definition) is 4. The minimum Gasteiger partial charge on any atom is -0.378 e. The van der Waals surface area contributed by atoms with Gasteiger partial charge in [0.25, 0.3) is 0 Å². The van der Waals surface area contributed by atoms with Crippen molar-refractivity contribution in [2.24, 2.45) is 5.73 Å². The summed E-state index contributed by atoms with van der Waals surface area (Å²) in [7, 11) is 0. The van der Waals surface area contributed by atoms with Gasteiger partial charge in [0, 0.05) is 47.8 Å². The van der Waals surface area contributed by atoms with Gasteiger partial charge in [0.2, 0.25) is 0 Å². The van der Waals surface area contributed by atoms with Gasteiger partial charge in [-0.1, -0.05) is 84.9 Å². The van der Waals surface area contributed by atoms with Crippen molar-refractivity contribution in [1.29, 1.82) is 0 Å². The maximum absolute atomic E-state index is 10.7. The molecule has 1 unspecified atom stereocenters. The van der Waals surface area contributed by atoms with Gasteiger partial charge < -0.3 is 15.8 Å². The molecule has 0 bridgehead atoms. The van der Waals surface area contributed by atoms with Gasteiger partial charge in [-0.05, 0) is 23.3 Å². The Balaban J connectivity index is 1.27. The number of H-pyrrole nitrogens is 1. The van der Waals surface area contributed by atoms with Crippen LogP contribution in [0.2, 0.25) is 0 Å². The van der Waals surface area contributed by atoms with Crippen LogP contribution < -0.4 is 11.1 Å². The second-order valence-electron chi connectivity index (χ2n) is 9.56. The molecule has 6 aromatic rings. The molecule has 40 heavy (non-hydrogen) atoms. The zero-order chi connectivity index (χ0) is 27.3. The highest BCUT2D eigenvalue weighted by atomic mass is 16.3. The zero-order valence-electron chi connectivity index (χ0n) is 21.8. The first kappa shape index (κ1) is 25.5. The lowest BCUT2D eigenvalue weighted by Gasteiger charge is -2.15. The predicted octanol–water partition coefficient (Wildman–Crippen LogP) is 4.86. The van der Waals surface area contributed by atoms with Crippen LogP contribution in [0.25, 0.3) is 44.7 Å². The molecular weight excluding hydrogens is 498 g/mol. The average molecular weight is 528 g/mol. The lowest BCUT2D eigenvalue weighted by molar-refractivity contribution is 0.133. The molecule has 0 aliphatic carbocycles. The largest absolute Gasteiger partial charge is 0.378 e. The van der Waals surface area contributed by atoms with E-state index in [0.29, 0.717) is 24.7 Å². The predicted molar refractivity (Wildman–Crippen MR) is 157 cm³/mol. The Labute approximate surface area is 232 Å². The SMILES string of the molecule is NCc1ccc(-c2nc3ccnc(CNC(O)Cc4nnc(-c5ccccc5)[nH]4)c3cc2-c2ccccc2)cc1. The summed E-state index contributed by atoms with van der Waals surface area (Å²) in [6.45, 7) is 0.855. The summed E-state index contributed by atoms with van der Waals surface area (Å²) in [6, 6.07) is 32.3. The number of benzene rings is 3. The standard InChI is InChI=1S/C32H29N7O/c33-19-21-11-13-23(14-12-21)31-25(22-7-3-1-4-8-22)17-26-27(36-31)15-16-34-28(26)20-35-30(40)18-29-37-32(39-38-29)24-9-5-2-6-10-24/h1-17,30,35,40H,18-20,33H2,(H,37,38,39). The molecule has 0 aliphatic heterocycles. The minimum atomic E-state index is -0.837. The van der Waals surface area contributed by atoms with E-state index in [1.807, 2.05) is 66.7 Å².